The van der Waals surface area contributed by atoms with Crippen LogP contribution in [0.1, 0.15) is 30.1 Å². The number of nitro groups is 1. The van der Waals surface area contributed by atoms with Crippen LogP contribution in [-0.4, -0.2) is 25.8 Å². The van der Waals surface area contributed by atoms with E-state index in [2.05, 4.69) is 5.32 Å². The minimum absolute atomic E-state index is 0.309. The van der Waals surface area contributed by atoms with Gasteiger partial charge in [-0.25, -0.2) is 8.42 Å². The van der Waals surface area contributed by atoms with Crippen LogP contribution in [0.15, 0.2) is 17.0 Å². The largest absolute Gasteiger partial charge is 0.352 e. The molecule has 0 saturated carbocycles. The van der Waals surface area contributed by atoms with Crippen LogP contribution in [0.25, 0.3) is 0 Å². The summed E-state index contributed by atoms with van der Waals surface area (Å²) in [5.74, 6) is -2.34. The number of nitrogens with one attached hydrogen (secondary N) is 1. The first-order valence-corrected chi connectivity index (χ1v) is 8.20. The maximum absolute atomic E-state index is 13.7. The quantitative estimate of drug-likeness (QED) is 0.370. The van der Waals surface area contributed by atoms with Crippen LogP contribution >= 0.6 is 10.7 Å². The van der Waals surface area contributed by atoms with E-state index in [9.17, 15) is 27.7 Å². The molecule has 1 rings (SSSR count). The van der Waals surface area contributed by atoms with Gasteiger partial charge in [-0.1, -0.05) is 13.3 Å². The van der Waals surface area contributed by atoms with Gasteiger partial charge in [0.15, 0.2) is 0 Å². The van der Waals surface area contributed by atoms with Gasteiger partial charge in [0.2, 0.25) is 5.82 Å². The lowest BCUT2D eigenvalue weighted by atomic mass is 10.1. The summed E-state index contributed by atoms with van der Waals surface area (Å²) < 4.78 is 36.2. The number of benzene rings is 1. The fourth-order valence-electron chi connectivity index (χ4n) is 1.51. The van der Waals surface area contributed by atoms with Crippen LogP contribution in [0.4, 0.5) is 10.1 Å². The second-order valence-electron chi connectivity index (χ2n) is 4.11. The number of hydrogen-bond donors (Lipinski definition) is 1. The van der Waals surface area contributed by atoms with Crippen molar-refractivity contribution in [2.75, 3.05) is 6.54 Å². The number of nitro benzene ring substituents is 1. The molecule has 0 aliphatic rings. The number of hydrogen-bond acceptors (Lipinski definition) is 5. The summed E-state index contributed by atoms with van der Waals surface area (Å²) in [6.07, 6.45) is 1.49. The van der Waals surface area contributed by atoms with E-state index in [1.165, 1.54) is 0 Å². The molecule has 1 amide bonds. The molecule has 0 saturated heterocycles. The highest BCUT2D eigenvalue weighted by atomic mass is 35.7. The van der Waals surface area contributed by atoms with E-state index >= 15 is 0 Å². The van der Waals surface area contributed by atoms with E-state index in [0.717, 1.165) is 6.42 Å². The van der Waals surface area contributed by atoms with Gasteiger partial charge in [-0.15, -0.1) is 0 Å². The first-order valence-electron chi connectivity index (χ1n) is 5.89. The first-order chi connectivity index (χ1) is 9.68. The van der Waals surface area contributed by atoms with Crippen molar-refractivity contribution in [3.05, 3.63) is 33.6 Å². The SMILES string of the molecule is CCCCNC(=O)c1cc([N+](=O)[O-])c(F)c(S(=O)(=O)Cl)c1. The van der Waals surface area contributed by atoms with E-state index in [1.54, 1.807) is 0 Å². The van der Waals surface area contributed by atoms with Gasteiger partial charge in [0, 0.05) is 28.9 Å². The monoisotopic (exact) mass is 338 g/mol. The van der Waals surface area contributed by atoms with Crippen molar-refractivity contribution in [1.82, 2.24) is 5.32 Å². The molecule has 10 heteroatoms. The Labute approximate surface area is 124 Å². The standard InChI is InChI=1S/C11H12ClFN2O5S/c1-2-3-4-14-11(16)7-5-8(15(17)18)10(13)9(6-7)21(12,19)20/h5-6H,2-4H2,1H3,(H,14,16). The number of carbonyl (C=O) groups excluding carboxylic acids is 1. The second kappa shape index (κ2) is 6.81. The molecule has 0 fully saturated rings. The number of carbonyl (C=O) groups is 1. The number of rotatable bonds is 6. The maximum Gasteiger partial charge on any atom is 0.307 e. The summed E-state index contributed by atoms with van der Waals surface area (Å²) in [5.41, 5.74) is -1.48. The number of amides is 1. The molecule has 0 radical (unpaired) electrons. The van der Waals surface area contributed by atoms with Gasteiger partial charge < -0.3 is 5.32 Å². The van der Waals surface area contributed by atoms with Crippen LogP contribution in [0, 0.1) is 15.9 Å². The summed E-state index contributed by atoms with van der Waals surface area (Å²) in [4.78, 5) is 20.3. The molecule has 7 nitrogen and oxygen atoms in total. The van der Waals surface area contributed by atoms with Crippen molar-refractivity contribution in [3.8, 4) is 0 Å². The molecule has 0 unspecified atom stereocenters. The molecule has 1 N–H and O–H groups in total. The van der Waals surface area contributed by atoms with Crippen molar-refractivity contribution >= 4 is 31.3 Å². The van der Waals surface area contributed by atoms with Gasteiger partial charge in [-0.3, -0.25) is 14.9 Å². The van der Waals surface area contributed by atoms with Gasteiger partial charge in [0.25, 0.3) is 15.0 Å². The van der Waals surface area contributed by atoms with E-state index in [-0.39, 0.29) is 5.56 Å². The van der Waals surface area contributed by atoms with Gasteiger partial charge in [0.05, 0.1) is 4.92 Å². The molecular weight excluding hydrogens is 327 g/mol. The molecule has 0 aliphatic heterocycles. The Morgan fingerprint density at radius 3 is 2.57 bits per heavy atom. The normalized spacial score (nSPS) is 11.2. The molecular formula is C11H12ClFN2O5S. The molecule has 1 aromatic rings. The summed E-state index contributed by atoms with van der Waals surface area (Å²) in [6.45, 7) is 2.20. The summed E-state index contributed by atoms with van der Waals surface area (Å²) in [5, 5.41) is 13.2. The Kier molecular flexibility index (Phi) is 5.62. The van der Waals surface area contributed by atoms with Crippen LogP contribution in [0.5, 0.6) is 0 Å². The predicted molar refractivity (Wildman–Crippen MR) is 73.3 cm³/mol. The lowest BCUT2D eigenvalue weighted by Crippen LogP contribution is -2.24. The lowest BCUT2D eigenvalue weighted by molar-refractivity contribution is -0.387. The molecule has 0 heterocycles. The van der Waals surface area contributed by atoms with Gasteiger partial charge in [0.1, 0.15) is 4.90 Å². The van der Waals surface area contributed by atoms with Gasteiger partial charge in [-0.05, 0) is 12.5 Å². The third kappa shape index (κ3) is 4.36. The zero-order chi connectivity index (χ0) is 16.2. The number of nitrogens with zero attached hydrogens (tertiary/aromatic N) is 1. The third-order valence-corrected chi connectivity index (χ3v) is 3.88. The molecule has 0 spiro atoms. The molecule has 21 heavy (non-hydrogen) atoms. The van der Waals surface area contributed by atoms with Crippen LogP contribution < -0.4 is 5.32 Å². The molecule has 0 aliphatic carbocycles. The second-order valence-corrected chi connectivity index (χ2v) is 6.65. The Balaban J connectivity index is 3.31. The fourth-order valence-corrected chi connectivity index (χ4v) is 2.43. The van der Waals surface area contributed by atoms with Crippen LogP contribution in [0.3, 0.4) is 0 Å². The number of unbranched alkanes of at least 4 members (excludes halogenated alkanes) is 1. The zero-order valence-corrected chi connectivity index (χ0v) is 12.5. The van der Waals surface area contributed by atoms with Crippen molar-refractivity contribution in [2.24, 2.45) is 0 Å². The van der Waals surface area contributed by atoms with Gasteiger partial charge in [-0.2, -0.15) is 4.39 Å². The zero-order valence-electron chi connectivity index (χ0n) is 10.9. The average molecular weight is 339 g/mol. The minimum atomic E-state index is -4.56. The minimum Gasteiger partial charge on any atom is -0.352 e. The molecule has 0 atom stereocenters. The fraction of sp³-hybridized carbons (Fsp3) is 0.364. The average Bonchev–Trinajstić information content (AvgIpc) is 2.37. The molecule has 0 aromatic heterocycles. The Morgan fingerprint density at radius 1 is 1.48 bits per heavy atom. The van der Waals surface area contributed by atoms with E-state index in [4.69, 9.17) is 10.7 Å². The Bertz CT molecular complexity index is 677. The van der Waals surface area contributed by atoms with Gasteiger partial charge >= 0.3 is 5.69 Å². The highest BCUT2D eigenvalue weighted by molar-refractivity contribution is 8.13. The maximum atomic E-state index is 13.7. The smallest absolute Gasteiger partial charge is 0.307 e. The van der Waals surface area contributed by atoms with Crippen molar-refractivity contribution in [2.45, 2.75) is 24.7 Å². The van der Waals surface area contributed by atoms with E-state index in [1.807, 2.05) is 6.92 Å². The third-order valence-electron chi connectivity index (χ3n) is 2.56. The Morgan fingerprint density at radius 2 is 2.10 bits per heavy atom. The molecule has 0 bridgehead atoms. The highest BCUT2D eigenvalue weighted by Crippen LogP contribution is 2.28. The van der Waals surface area contributed by atoms with E-state index < -0.39 is 36.3 Å². The molecule has 116 valence electrons. The van der Waals surface area contributed by atoms with Crippen LogP contribution in [-0.2, 0) is 9.05 Å². The van der Waals surface area contributed by atoms with Crippen molar-refractivity contribution in [3.63, 3.8) is 0 Å². The van der Waals surface area contributed by atoms with E-state index in [0.29, 0.717) is 25.1 Å². The predicted octanol–water partition coefficient (Wildman–Crippen LogP) is 2.19. The highest BCUT2D eigenvalue weighted by Gasteiger charge is 2.28. The summed E-state index contributed by atoms with van der Waals surface area (Å²) >= 11 is 0. The topological polar surface area (TPSA) is 106 Å². The first kappa shape index (κ1) is 17.3. The van der Waals surface area contributed by atoms with Crippen LogP contribution in [0.2, 0.25) is 0 Å². The number of halogens is 2. The van der Waals surface area contributed by atoms with Crippen molar-refractivity contribution in [1.29, 1.82) is 0 Å². The lowest BCUT2D eigenvalue weighted by Gasteiger charge is -2.07. The summed E-state index contributed by atoms with van der Waals surface area (Å²) in [6, 6.07) is 1.34. The Hall–Kier alpha value is -1.74. The molecule has 1 aromatic carbocycles. The summed E-state index contributed by atoms with van der Waals surface area (Å²) in [7, 11) is 0.464. The van der Waals surface area contributed by atoms with Crippen molar-refractivity contribution < 1.29 is 22.5 Å².